The van der Waals surface area contributed by atoms with Gasteiger partial charge in [-0.05, 0) is 31.2 Å². The number of carbonyl (C=O) groups excluding carboxylic acids is 1. The molecule has 0 aliphatic carbocycles. The molecular formula is C13H13NO2S2. The molecule has 0 saturated carbocycles. The number of hydrogen-bond acceptors (Lipinski definition) is 5. The number of thioether (sulfide) groups is 1. The lowest BCUT2D eigenvalue weighted by Gasteiger charge is -2.02. The Morgan fingerprint density at radius 3 is 2.67 bits per heavy atom. The zero-order valence-electron chi connectivity index (χ0n) is 10.2. The van der Waals surface area contributed by atoms with E-state index in [4.69, 9.17) is 4.74 Å². The van der Waals surface area contributed by atoms with Gasteiger partial charge in [-0.2, -0.15) is 0 Å². The summed E-state index contributed by atoms with van der Waals surface area (Å²) in [5.74, 6) is 1.28. The first-order chi connectivity index (χ1) is 8.69. The molecule has 2 rings (SSSR count). The molecule has 0 aliphatic heterocycles. The fourth-order valence-corrected chi connectivity index (χ4v) is 3.13. The van der Waals surface area contributed by atoms with Gasteiger partial charge in [0, 0.05) is 16.6 Å². The number of aromatic nitrogens is 1. The van der Waals surface area contributed by atoms with Crippen molar-refractivity contribution in [3.8, 4) is 5.75 Å². The fourth-order valence-electron chi connectivity index (χ4n) is 1.39. The third-order valence-electron chi connectivity index (χ3n) is 2.34. The quantitative estimate of drug-likeness (QED) is 0.621. The van der Waals surface area contributed by atoms with Crippen LogP contribution in [-0.2, 0) is 0 Å². The van der Waals surface area contributed by atoms with Crippen molar-refractivity contribution in [3.05, 3.63) is 40.9 Å². The fraction of sp³-hybridized carbons (Fsp3) is 0.231. The van der Waals surface area contributed by atoms with Crippen molar-refractivity contribution >= 4 is 28.9 Å². The highest BCUT2D eigenvalue weighted by molar-refractivity contribution is 8.01. The SMILES string of the molecule is COc1ccc(C(=O)CSc2nc(C)cs2)cc1. The molecule has 0 N–H and O–H groups in total. The van der Waals surface area contributed by atoms with E-state index >= 15 is 0 Å². The Hall–Kier alpha value is -1.33. The van der Waals surface area contributed by atoms with E-state index in [-0.39, 0.29) is 5.78 Å². The van der Waals surface area contributed by atoms with Crippen LogP contribution >= 0.6 is 23.1 Å². The van der Waals surface area contributed by atoms with Crippen LogP contribution in [-0.4, -0.2) is 23.6 Å². The second kappa shape index (κ2) is 6.02. The molecule has 0 bridgehead atoms. The van der Waals surface area contributed by atoms with Crippen molar-refractivity contribution in [3.63, 3.8) is 0 Å². The summed E-state index contributed by atoms with van der Waals surface area (Å²) >= 11 is 3.05. The smallest absolute Gasteiger partial charge is 0.173 e. The second-order valence-electron chi connectivity index (χ2n) is 3.70. The van der Waals surface area contributed by atoms with Crippen LogP contribution in [0.2, 0.25) is 0 Å². The van der Waals surface area contributed by atoms with Crippen LogP contribution in [0.15, 0.2) is 34.0 Å². The van der Waals surface area contributed by atoms with Gasteiger partial charge in [0.2, 0.25) is 0 Å². The summed E-state index contributed by atoms with van der Waals surface area (Å²) in [7, 11) is 1.61. The Balaban J connectivity index is 1.94. The van der Waals surface area contributed by atoms with Crippen molar-refractivity contribution in [1.29, 1.82) is 0 Å². The Morgan fingerprint density at radius 2 is 2.11 bits per heavy atom. The van der Waals surface area contributed by atoms with E-state index in [1.165, 1.54) is 11.8 Å². The van der Waals surface area contributed by atoms with Crippen molar-refractivity contribution in [1.82, 2.24) is 4.98 Å². The van der Waals surface area contributed by atoms with Crippen molar-refractivity contribution < 1.29 is 9.53 Å². The zero-order chi connectivity index (χ0) is 13.0. The van der Waals surface area contributed by atoms with E-state index in [1.54, 1.807) is 42.7 Å². The van der Waals surface area contributed by atoms with E-state index < -0.39 is 0 Å². The predicted octanol–water partition coefficient (Wildman–Crippen LogP) is 3.44. The molecule has 0 atom stereocenters. The lowest BCUT2D eigenvalue weighted by molar-refractivity contribution is 0.102. The number of hydrogen-bond donors (Lipinski definition) is 0. The van der Waals surface area contributed by atoms with Gasteiger partial charge in [-0.25, -0.2) is 4.98 Å². The highest BCUT2D eigenvalue weighted by atomic mass is 32.2. The summed E-state index contributed by atoms with van der Waals surface area (Å²) in [4.78, 5) is 16.3. The van der Waals surface area contributed by atoms with Crippen LogP contribution in [0.25, 0.3) is 0 Å². The number of ether oxygens (including phenoxy) is 1. The maximum absolute atomic E-state index is 11.9. The summed E-state index contributed by atoms with van der Waals surface area (Å²) in [6.45, 7) is 1.95. The predicted molar refractivity (Wildman–Crippen MR) is 74.9 cm³/mol. The van der Waals surface area contributed by atoms with Gasteiger partial charge in [0.25, 0.3) is 0 Å². The van der Waals surface area contributed by atoms with Gasteiger partial charge in [0.05, 0.1) is 12.9 Å². The molecule has 2 aromatic rings. The molecule has 0 spiro atoms. The monoisotopic (exact) mass is 279 g/mol. The molecular weight excluding hydrogens is 266 g/mol. The van der Waals surface area contributed by atoms with Gasteiger partial charge in [-0.15, -0.1) is 11.3 Å². The molecule has 0 saturated heterocycles. The molecule has 1 aromatic carbocycles. The van der Waals surface area contributed by atoms with E-state index in [2.05, 4.69) is 4.98 Å². The average molecular weight is 279 g/mol. The minimum atomic E-state index is 0.107. The number of carbonyl (C=O) groups is 1. The second-order valence-corrected chi connectivity index (χ2v) is 5.78. The molecule has 1 aromatic heterocycles. The van der Waals surface area contributed by atoms with Crippen LogP contribution in [0.5, 0.6) is 5.75 Å². The Morgan fingerprint density at radius 1 is 1.39 bits per heavy atom. The van der Waals surface area contributed by atoms with Gasteiger partial charge < -0.3 is 4.74 Å². The number of thiazole rings is 1. The summed E-state index contributed by atoms with van der Waals surface area (Å²) in [6.07, 6.45) is 0. The number of ketones is 1. The van der Waals surface area contributed by atoms with Crippen molar-refractivity contribution in [2.45, 2.75) is 11.3 Å². The van der Waals surface area contributed by atoms with Crippen LogP contribution in [0.4, 0.5) is 0 Å². The summed E-state index contributed by atoms with van der Waals surface area (Å²) in [5, 5.41) is 1.99. The van der Waals surface area contributed by atoms with Crippen LogP contribution in [0, 0.1) is 6.92 Å². The number of nitrogens with zero attached hydrogens (tertiary/aromatic N) is 1. The molecule has 0 aliphatic rings. The van der Waals surface area contributed by atoms with E-state index in [0.29, 0.717) is 11.3 Å². The standard InChI is InChI=1S/C13H13NO2S2/c1-9-7-17-13(14-9)18-8-12(15)10-3-5-11(16-2)6-4-10/h3-7H,8H2,1-2H3. The Kier molecular flexibility index (Phi) is 4.38. The number of benzene rings is 1. The summed E-state index contributed by atoms with van der Waals surface area (Å²) < 4.78 is 6.00. The third kappa shape index (κ3) is 3.34. The van der Waals surface area contributed by atoms with Crippen LogP contribution in [0.1, 0.15) is 16.1 Å². The van der Waals surface area contributed by atoms with Gasteiger partial charge in [0.15, 0.2) is 10.1 Å². The zero-order valence-corrected chi connectivity index (χ0v) is 11.8. The van der Waals surface area contributed by atoms with E-state index in [9.17, 15) is 4.79 Å². The minimum absolute atomic E-state index is 0.107. The summed E-state index contributed by atoms with van der Waals surface area (Å²) in [5.41, 5.74) is 1.70. The average Bonchev–Trinajstić information content (AvgIpc) is 2.82. The molecule has 0 radical (unpaired) electrons. The van der Waals surface area contributed by atoms with Crippen LogP contribution < -0.4 is 4.74 Å². The molecule has 0 fully saturated rings. The molecule has 5 heteroatoms. The number of methoxy groups -OCH3 is 1. The molecule has 18 heavy (non-hydrogen) atoms. The van der Waals surface area contributed by atoms with Crippen molar-refractivity contribution in [2.24, 2.45) is 0 Å². The molecule has 1 heterocycles. The Bertz CT molecular complexity index is 534. The van der Waals surface area contributed by atoms with Gasteiger partial charge in [0.1, 0.15) is 5.75 Å². The van der Waals surface area contributed by atoms with Gasteiger partial charge in [-0.1, -0.05) is 11.8 Å². The Labute approximate surface area is 114 Å². The lowest BCUT2D eigenvalue weighted by atomic mass is 10.1. The first-order valence-electron chi connectivity index (χ1n) is 5.41. The highest BCUT2D eigenvalue weighted by Crippen LogP contribution is 2.23. The minimum Gasteiger partial charge on any atom is -0.497 e. The number of rotatable bonds is 5. The normalized spacial score (nSPS) is 10.3. The van der Waals surface area contributed by atoms with Gasteiger partial charge in [-0.3, -0.25) is 4.79 Å². The van der Waals surface area contributed by atoms with E-state index in [1.807, 2.05) is 12.3 Å². The number of Topliss-reactive ketones (excluding diaryl/α,β-unsaturated/α-hetero) is 1. The largest absolute Gasteiger partial charge is 0.497 e. The molecule has 3 nitrogen and oxygen atoms in total. The first kappa shape index (κ1) is 13.1. The van der Waals surface area contributed by atoms with Gasteiger partial charge >= 0.3 is 0 Å². The topological polar surface area (TPSA) is 39.2 Å². The molecule has 94 valence electrons. The maximum Gasteiger partial charge on any atom is 0.173 e. The highest BCUT2D eigenvalue weighted by Gasteiger charge is 2.08. The lowest BCUT2D eigenvalue weighted by Crippen LogP contribution is -2.02. The third-order valence-corrected chi connectivity index (χ3v) is 4.48. The van der Waals surface area contributed by atoms with Crippen molar-refractivity contribution in [2.75, 3.05) is 12.9 Å². The summed E-state index contributed by atoms with van der Waals surface area (Å²) in [6, 6.07) is 7.17. The maximum atomic E-state index is 11.9. The number of aryl methyl sites for hydroxylation is 1. The first-order valence-corrected chi connectivity index (χ1v) is 7.28. The molecule has 0 unspecified atom stereocenters. The van der Waals surface area contributed by atoms with Crippen LogP contribution in [0.3, 0.4) is 0 Å². The van der Waals surface area contributed by atoms with E-state index in [0.717, 1.165) is 15.8 Å². The molecule has 0 amide bonds.